The Morgan fingerprint density at radius 1 is 1.38 bits per heavy atom. The van der Waals surface area contributed by atoms with Gasteiger partial charge in [0, 0.05) is 17.7 Å². The molecule has 0 atom stereocenters. The molecule has 0 radical (unpaired) electrons. The number of nitrogens with zero attached hydrogens (tertiary/aromatic N) is 1. The van der Waals surface area contributed by atoms with Gasteiger partial charge >= 0.3 is 0 Å². The maximum Gasteiger partial charge on any atom is 0.142 e. The first-order chi connectivity index (χ1) is 7.50. The van der Waals surface area contributed by atoms with Gasteiger partial charge in [-0.25, -0.2) is 0 Å². The topological polar surface area (TPSA) is 48.1 Å². The van der Waals surface area contributed by atoms with Crippen LogP contribution in [0.15, 0.2) is 12.1 Å². The van der Waals surface area contributed by atoms with Crippen LogP contribution in [0.4, 0.5) is 0 Å². The monoisotopic (exact) mass is 220 g/mol. The molecule has 0 unspecified atom stereocenters. The number of hydrogen-bond donors (Lipinski definition) is 1. The molecule has 2 N–H and O–H groups in total. The molecule has 1 aromatic heterocycles. The first-order valence-electron chi connectivity index (χ1n) is 5.88. The largest absolute Gasteiger partial charge is 0.488 e. The summed E-state index contributed by atoms with van der Waals surface area (Å²) in [6.07, 6.45) is 2.71. The fourth-order valence-electron chi connectivity index (χ4n) is 1.53. The average Bonchev–Trinajstić information content (AvgIpc) is 3.00. The average molecular weight is 220 g/mol. The highest BCUT2D eigenvalue weighted by atomic mass is 16.5. The van der Waals surface area contributed by atoms with Gasteiger partial charge in [-0.05, 0) is 25.0 Å². The molecule has 1 fully saturated rings. The van der Waals surface area contributed by atoms with E-state index in [1.807, 2.05) is 12.1 Å². The van der Waals surface area contributed by atoms with E-state index < -0.39 is 0 Å². The van der Waals surface area contributed by atoms with E-state index in [-0.39, 0.29) is 5.41 Å². The highest BCUT2D eigenvalue weighted by molar-refractivity contribution is 5.32. The van der Waals surface area contributed by atoms with Gasteiger partial charge in [-0.3, -0.25) is 4.98 Å². The van der Waals surface area contributed by atoms with Gasteiger partial charge in [-0.2, -0.15) is 0 Å². The Morgan fingerprint density at radius 3 is 2.56 bits per heavy atom. The first-order valence-corrected chi connectivity index (χ1v) is 5.88. The van der Waals surface area contributed by atoms with Crippen molar-refractivity contribution < 1.29 is 4.74 Å². The minimum Gasteiger partial charge on any atom is -0.488 e. The lowest BCUT2D eigenvalue weighted by Crippen LogP contribution is -2.16. The second kappa shape index (κ2) is 4.06. The van der Waals surface area contributed by atoms with Gasteiger partial charge in [0.1, 0.15) is 5.75 Å². The standard InChI is InChI=1S/C13H20N2O/c1-13(2,3)12-7-6-11(10(8-14)15-12)16-9-4-5-9/h6-7,9H,4-5,8,14H2,1-3H3. The fraction of sp³-hybridized carbons (Fsp3) is 0.615. The summed E-state index contributed by atoms with van der Waals surface area (Å²) in [4.78, 5) is 4.59. The second-order valence-corrected chi connectivity index (χ2v) is 5.41. The molecular weight excluding hydrogens is 200 g/mol. The van der Waals surface area contributed by atoms with E-state index in [9.17, 15) is 0 Å². The van der Waals surface area contributed by atoms with Gasteiger partial charge in [0.15, 0.2) is 0 Å². The van der Waals surface area contributed by atoms with Gasteiger partial charge in [-0.1, -0.05) is 20.8 Å². The van der Waals surface area contributed by atoms with E-state index >= 15 is 0 Å². The van der Waals surface area contributed by atoms with Crippen molar-refractivity contribution in [3.63, 3.8) is 0 Å². The number of nitrogens with two attached hydrogens (primary N) is 1. The Kier molecular flexibility index (Phi) is 2.89. The highest BCUT2D eigenvalue weighted by Gasteiger charge is 2.25. The molecule has 0 aliphatic heterocycles. The van der Waals surface area contributed by atoms with E-state index in [2.05, 4.69) is 25.8 Å². The van der Waals surface area contributed by atoms with Gasteiger partial charge in [0.25, 0.3) is 0 Å². The number of hydrogen-bond acceptors (Lipinski definition) is 3. The molecule has 88 valence electrons. The zero-order valence-corrected chi connectivity index (χ0v) is 10.3. The van der Waals surface area contributed by atoms with Crippen LogP contribution in [-0.2, 0) is 12.0 Å². The zero-order valence-electron chi connectivity index (χ0n) is 10.3. The lowest BCUT2D eigenvalue weighted by Gasteiger charge is -2.19. The Labute approximate surface area is 97.0 Å². The Bertz CT molecular complexity index is 378. The lowest BCUT2D eigenvalue weighted by molar-refractivity contribution is 0.297. The molecule has 1 aliphatic rings. The van der Waals surface area contributed by atoms with E-state index in [4.69, 9.17) is 10.5 Å². The van der Waals surface area contributed by atoms with Crippen LogP contribution in [0.3, 0.4) is 0 Å². The molecule has 1 saturated carbocycles. The maximum atomic E-state index is 5.77. The summed E-state index contributed by atoms with van der Waals surface area (Å²) in [7, 11) is 0. The van der Waals surface area contributed by atoms with Crippen molar-refractivity contribution in [3.05, 3.63) is 23.5 Å². The minimum atomic E-state index is 0.0576. The van der Waals surface area contributed by atoms with Gasteiger partial charge in [0.05, 0.1) is 11.8 Å². The van der Waals surface area contributed by atoms with Crippen molar-refractivity contribution in [2.75, 3.05) is 0 Å². The second-order valence-electron chi connectivity index (χ2n) is 5.41. The predicted octanol–water partition coefficient (Wildman–Crippen LogP) is 2.38. The molecule has 2 rings (SSSR count). The van der Waals surface area contributed by atoms with Gasteiger partial charge in [0.2, 0.25) is 0 Å². The zero-order chi connectivity index (χ0) is 11.8. The fourth-order valence-corrected chi connectivity index (χ4v) is 1.53. The molecule has 0 saturated heterocycles. The molecule has 1 aromatic rings. The van der Waals surface area contributed by atoms with E-state index in [1.54, 1.807) is 0 Å². The molecular formula is C13H20N2O. The third-order valence-corrected chi connectivity index (χ3v) is 2.71. The number of ether oxygens (including phenoxy) is 1. The van der Waals surface area contributed by atoms with Crippen LogP contribution in [0, 0.1) is 0 Å². The van der Waals surface area contributed by atoms with Crippen LogP contribution in [0.25, 0.3) is 0 Å². The number of pyridine rings is 1. The van der Waals surface area contributed by atoms with E-state index in [1.165, 1.54) is 0 Å². The molecule has 0 aromatic carbocycles. The molecule has 16 heavy (non-hydrogen) atoms. The molecule has 3 nitrogen and oxygen atoms in total. The van der Waals surface area contributed by atoms with Crippen LogP contribution in [0.2, 0.25) is 0 Å². The molecule has 3 heteroatoms. The number of aromatic nitrogens is 1. The lowest BCUT2D eigenvalue weighted by atomic mass is 9.91. The summed E-state index contributed by atoms with van der Waals surface area (Å²) in [5.41, 5.74) is 7.71. The van der Waals surface area contributed by atoms with Crippen molar-refractivity contribution in [2.24, 2.45) is 5.73 Å². The Balaban J connectivity index is 2.26. The normalized spacial score (nSPS) is 16.2. The minimum absolute atomic E-state index is 0.0576. The summed E-state index contributed by atoms with van der Waals surface area (Å²) in [6, 6.07) is 4.05. The quantitative estimate of drug-likeness (QED) is 0.850. The van der Waals surface area contributed by atoms with Gasteiger partial charge in [-0.15, -0.1) is 0 Å². The summed E-state index contributed by atoms with van der Waals surface area (Å²) in [5, 5.41) is 0. The smallest absolute Gasteiger partial charge is 0.142 e. The molecule has 1 heterocycles. The summed E-state index contributed by atoms with van der Waals surface area (Å²) < 4.78 is 5.77. The maximum absolute atomic E-state index is 5.77. The van der Waals surface area contributed by atoms with Crippen molar-refractivity contribution in [3.8, 4) is 5.75 Å². The third kappa shape index (κ3) is 2.53. The highest BCUT2D eigenvalue weighted by Crippen LogP contribution is 2.30. The van der Waals surface area contributed by atoms with E-state index in [0.29, 0.717) is 12.6 Å². The first kappa shape index (κ1) is 11.4. The Hall–Kier alpha value is -1.09. The van der Waals surface area contributed by atoms with Crippen LogP contribution < -0.4 is 10.5 Å². The molecule has 1 aliphatic carbocycles. The van der Waals surface area contributed by atoms with Crippen LogP contribution in [0.1, 0.15) is 45.0 Å². The molecule has 0 spiro atoms. The van der Waals surface area contributed by atoms with Crippen molar-refractivity contribution >= 4 is 0 Å². The summed E-state index contributed by atoms with van der Waals surface area (Å²) in [6.45, 7) is 6.89. The van der Waals surface area contributed by atoms with Crippen molar-refractivity contribution in [1.29, 1.82) is 0 Å². The van der Waals surface area contributed by atoms with Crippen molar-refractivity contribution in [2.45, 2.75) is 51.7 Å². The van der Waals surface area contributed by atoms with Crippen LogP contribution >= 0.6 is 0 Å². The summed E-state index contributed by atoms with van der Waals surface area (Å²) in [5.74, 6) is 0.859. The van der Waals surface area contributed by atoms with Crippen LogP contribution in [0.5, 0.6) is 5.75 Å². The molecule has 0 bridgehead atoms. The van der Waals surface area contributed by atoms with Crippen molar-refractivity contribution in [1.82, 2.24) is 4.98 Å². The SMILES string of the molecule is CC(C)(C)c1ccc(OC2CC2)c(CN)n1. The van der Waals surface area contributed by atoms with E-state index in [0.717, 1.165) is 30.0 Å². The summed E-state index contributed by atoms with van der Waals surface area (Å²) >= 11 is 0. The Morgan fingerprint density at radius 2 is 2.06 bits per heavy atom. The predicted molar refractivity (Wildman–Crippen MR) is 64.5 cm³/mol. The third-order valence-electron chi connectivity index (χ3n) is 2.71. The van der Waals surface area contributed by atoms with Gasteiger partial charge < -0.3 is 10.5 Å². The van der Waals surface area contributed by atoms with Crippen LogP contribution in [-0.4, -0.2) is 11.1 Å². The number of rotatable bonds is 3. The molecule has 0 amide bonds.